The molecule has 0 fully saturated rings. The summed E-state index contributed by atoms with van der Waals surface area (Å²) in [5.41, 5.74) is 1.68. The first-order valence-corrected chi connectivity index (χ1v) is 10.8. The van der Waals surface area contributed by atoms with Crippen LogP contribution in [0.1, 0.15) is 40.5 Å². The summed E-state index contributed by atoms with van der Waals surface area (Å²) in [7, 11) is 0. The number of nitrogens with one attached hydrogen (secondary N) is 1. The lowest BCUT2D eigenvalue weighted by molar-refractivity contribution is 0.0937. The molecule has 1 unspecified atom stereocenters. The van der Waals surface area contributed by atoms with Crippen LogP contribution >= 0.6 is 0 Å². The van der Waals surface area contributed by atoms with Crippen LogP contribution in [0.4, 0.5) is 0 Å². The molecule has 3 aromatic rings. The van der Waals surface area contributed by atoms with Crippen LogP contribution in [0.15, 0.2) is 48.8 Å². The Bertz CT molecular complexity index is 1040. The van der Waals surface area contributed by atoms with Gasteiger partial charge in [-0.2, -0.15) is 0 Å². The summed E-state index contributed by atoms with van der Waals surface area (Å²) < 4.78 is 7.64. The van der Waals surface area contributed by atoms with Crippen molar-refractivity contribution >= 4 is 5.91 Å². The van der Waals surface area contributed by atoms with E-state index < -0.39 is 0 Å². The topological polar surface area (TPSA) is 105 Å². The molecule has 1 aliphatic rings. The van der Waals surface area contributed by atoms with E-state index in [2.05, 4.69) is 36.0 Å². The number of ether oxygens (including phenoxy) is 1. The Morgan fingerprint density at radius 2 is 2.12 bits per heavy atom. The lowest BCUT2D eigenvalue weighted by Crippen LogP contribution is -2.30. The second kappa shape index (κ2) is 10.3. The van der Waals surface area contributed by atoms with Gasteiger partial charge < -0.3 is 19.7 Å². The zero-order chi connectivity index (χ0) is 22.3. The van der Waals surface area contributed by atoms with E-state index in [0.717, 1.165) is 55.6 Å². The highest BCUT2D eigenvalue weighted by atomic mass is 16.5. The van der Waals surface area contributed by atoms with Crippen molar-refractivity contribution < 1.29 is 14.6 Å². The van der Waals surface area contributed by atoms with Gasteiger partial charge in [-0.05, 0) is 36.8 Å². The van der Waals surface area contributed by atoms with E-state index in [-0.39, 0.29) is 18.6 Å². The molecule has 9 heteroatoms. The zero-order valence-corrected chi connectivity index (χ0v) is 18.1. The highest BCUT2D eigenvalue weighted by molar-refractivity contribution is 5.94. The van der Waals surface area contributed by atoms with Crippen LogP contribution in [-0.2, 0) is 19.5 Å². The maximum absolute atomic E-state index is 12.5. The normalized spacial score (nSPS) is 14.9. The Kier molecular flexibility index (Phi) is 7.08. The third-order valence-electron chi connectivity index (χ3n) is 5.47. The van der Waals surface area contributed by atoms with Gasteiger partial charge in [0.2, 0.25) is 0 Å². The number of rotatable bonds is 8. The summed E-state index contributed by atoms with van der Waals surface area (Å²) in [6.07, 6.45) is 3.98. The summed E-state index contributed by atoms with van der Waals surface area (Å²) in [6.45, 7) is 5.49. The zero-order valence-electron chi connectivity index (χ0n) is 18.1. The van der Waals surface area contributed by atoms with Crippen molar-refractivity contribution in [3.05, 3.63) is 71.6 Å². The molecule has 0 saturated heterocycles. The number of nitrogens with zero attached hydrogens (tertiary/aromatic N) is 5. The molecular formula is C23H28N6O3. The summed E-state index contributed by atoms with van der Waals surface area (Å²) in [5, 5.41) is 20.7. The number of aliphatic hydroxyl groups is 1. The molecule has 0 radical (unpaired) electrons. The van der Waals surface area contributed by atoms with Crippen LogP contribution in [0.25, 0.3) is 0 Å². The SMILES string of the molecule is CC(NC(=O)c1cccnc1)c1nnc2n1CCN(Cc1cccc(OCCO)c1)CC2. The molecule has 4 rings (SSSR count). The maximum Gasteiger partial charge on any atom is 0.253 e. The van der Waals surface area contributed by atoms with Crippen molar-refractivity contribution in [2.75, 3.05) is 26.3 Å². The van der Waals surface area contributed by atoms with E-state index in [1.165, 1.54) is 0 Å². The van der Waals surface area contributed by atoms with Crippen LogP contribution in [0.5, 0.6) is 5.75 Å². The first-order valence-electron chi connectivity index (χ1n) is 10.8. The van der Waals surface area contributed by atoms with Gasteiger partial charge in [0.05, 0.1) is 18.2 Å². The van der Waals surface area contributed by atoms with Crippen molar-refractivity contribution in [1.29, 1.82) is 0 Å². The first kappa shape index (κ1) is 21.9. The number of carbonyl (C=O) groups is 1. The Hall–Kier alpha value is -3.30. The van der Waals surface area contributed by atoms with Gasteiger partial charge in [-0.1, -0.05) is 12.1 Å². The minimum Gasteiger partial charge on any atom is -0.491 e. The Morgan fingerprint density at radius 1 is 1.22 bits per heavy atom. The van der Waals surface area contributed by atoms with Gasteiger partial charge in [0.1, 0.15) is 18.2 Å². The smallest absolute Gasteiger partial charge is 0.253 e. The molecule has 1 aliphatic heterocycles. The van der Waals surface area contributed by atoms with Crippen LogP contribution in [0.2, 0.25) is 0 Å². The van der Waals surface area contributed by atoms with E-state index in [4.69, 9.17) is 9.84 Å². The molecule has 2 aromatic heterocycles. The van der Waals surface area contributed by atoms with Gasteiger partial charge >= 0.3 is 0 Å². The molecule has 9 nitrogen and oxygen atoms in total. The largest absolute Gasteiger partial charge is 0.491 e. The predicted molar refractivity (Wildman–Crippen MR) is 118 cm³/mol. The molecule has 1 amide bonds. The number of hydrogen-bond acceptors (Lipinski definition) is 7. The molecule has 168 valence electrons. The van der Waals surface area contributed by atoms with Crippen LogP contribution < -0.4 is 10.1 Å². The van der Waals surface area contributed by atoms with Gasteiger partial charge in [-0.25, -0.2) is 0 Å². The lowest BCUT2D eigenvalue weighted by Gasteiger charge is -2.20. The van der Waals surface area contributed by atoms with E-state index >= 15 is 0 Å². The molecule has 1 atom stereocenters. The monoisotopic (exact) mass is 436 g/mol. The van der Waals surface area contributed by atoms with Crippen molar-refractivity contribution in [1.82, 2.24) is 30.0 Å². The van der Waals surface area contributed by atoms with Crippen LogP contribution in [0.3, 0.4) is 0 Å². The van der Waals surface area contributed by atoms with Gasteiger partial charge in [-0.15, -0.1) is 10.2 Å². The Morgan fingerprint density at radius 3 is 2.94 bits per heavy atom. The number of benzene rings is 1. The lowest BCUT2D eigenvalue weighted by atomic mass is 10.2. The summed E-state index contributed by atoms with van der Waals surface area (Å²) in [4.78, 5) is 18.9. The highest BCUT2D eigenvalue weighted by Crippen LogP contribution is 2.19. The highest BCUT2D eigenvalue weighted by Gasteiger charge is 2.23. The first-order chi connectivity index (χ1) is 15.6. The molecule has 0 saturated carbocycles. The summed E-state index contributed by atoms with van der Waals surface area (Å²) in [5.74, 6) is 2.29. The number of amides is 1. The summed E-state index contributed by atoms with van der Waals surface area (Å²) >= 11 is 0. The Labute approximate surface area is 187 Å². The number of aliphatic hydroxyl groups excluding tert-OH is 1. The van der Waals surface area contributed by atoms with Crippen molar-refractivity contribution in [3.8, 4) is 5.75 Å². The van der Waals surface area contributed by atoms with E-state index in [1.54, 1.807) is 24.5 Å². The Balaban J connectivity index is 1.38. The average Bonchev–Trinajstić information content (AvgIpc) is 3.13. The number of fused-ring (bicyclic) bond motifs is 1. The number of hydrogen-bond donors (Lipinski definition) is 2. The molecule has 3 heterocycles. The minimum absolute atomic E-state index is 0.000695. The fraction of sp³-hybridized carbons (Fsp3) is 0.391. The second-order valence-electron chi connectivity index (χ2n) is 7.81. The minimum atomic E-state index is -0.268. The maximum atomic E-state index is 12.5. The van der Waals surface area contributed by atoms with E-state index in [1.807, 2.05) is 25.1 Å². The van der Waals surface area contributed by atoms with Gasteiger partial charge in [0.15, 0.2) is 5.82 Å². The van der Waals surface area contributed by atoms with Gasteiger partial charge in [0.25, 0.3) is 5.91 Å². The van der Waals surface area contributed by atoms with E-state index in [0.29, 0.717) is 12.2 Å². The summed E-state index contributed by atoms with van der Waals surface area (Å²) in [6, 6.07) is 11.2. The molecule has 0 spiro atoms. The molecule has 0 bridgehead atoms. The predicted octanol–water partition coefficient (Wildman–Crippen LogP) is 1.59. The fourth-order valence-electron chi connectivity index (χ4n) is 3.86. The van der Waals surface area contributed by atoms with Gasteiger partial charge in [-0.3, -0.25) is 14.7 Å². The molecule has 0 aliphatic carbocycles. The number of carbonyl (C=O) groups excluding carboxylic acids is 1. The third-order valence-corrected chi connectivity index (χ3v) is 5.47. The average molecular weight is 437 g/mol. The van der Waals surface area contributed by atoms with Crippen molar-refractivity contribution in [2.24, 2.45) is 0 Å². The van der Waals surface area contributed by atoms with Crippen LogP contribution in [0, 0.1) is 0 Å². The number of pyridine rings is 1. The molecule has 32 heavy (non-hydrogen) atoms. The molecule has 1 aromatic carbocycles. The fourth-order valence-corrected chi connectivity index (χ4v) is 3.86. The van der Waals surface area contributed by atoms with Crippen molar-refractivity contribution in [2.45, 2.75) is 32.5 Å². The third kappa shape index (κ3) is 5.30. The van der Waals surface area contributed by atoms with E-state index in [9.17, 15) is 4.79 Å². The molecular weight excluding hydrogens is 408 g/mol. The standard InChI is InChI=1S/C23H28N6O3/c1-17(25-23(31)19-5-3-8-24-15-19)22-27-26-21-7-9-28(10-11-29(21)22)16-18-4-2-6-20(14-18)32-13-12-30/h2-6,8,14-15,17,30H,7,9-13,16H2,1H3,(H,25,31). The second-order valence-corrected chi connectivity index (χ2v) is 7.81. The quantitative estimate of drug-likeness (QED) is 0.552. The van der Waals surface area contributed by atoms with Crippen molar-refractivity contribution in [3.63, 3.8) is 0 Å². The molecule has 2 N–H and O–H groups in total. The van der Waals surface area contributed by atoms with Crippen LogP contribution in [-0.4, -0.2) is 62.0 Å². The number of aromatic nitrogens is 4. The van der Waals surface area contributed by atoms with Gasteiger partial charge in [0, 0.05) is 45.0 Å².